The van der Waals surface area contributed by atoms with Crippen LogP contribution in [-0.2, 0) is 32.6 Å². The quantitative estimate of drug-likeness (QED) is 0.135. The van der Waals surface area contributed by atoms with Crippen molar-refractivity contribution < 1.29 is 18.0 Å². The van der Waals surface area contributed by atoms with E-state index in [1.165, 1.54) is 28.8 Å². The number of hydrogen-bond acceptors (Lipinski definition) is 5. The van der Waals surface area contributed by atoms with Crippen LogP contribution in [0.25, 0.3) is 0 Å². The Hall–Kier alpha value is -3.50. The summed E-state index contributed by atoms with van der Waals surface area (Å²) in [5.74, 6) is -0.893. The second-order valence-corrected chi connectivity index (χ2v) is 14.9. The number of benzene rings is 4. The smallest absolute Gasteiger partial charge is 0.264 e. The number of amides is 2. The van der Waals surface area contributed by atoms with E-state index >= 15 is 0 Å². The predicted octanol–water partition coefficient (Wildman–Crippen LogP) is 7.77. The van der Waals surface area contributed by atoms with Crippen LogP contribution in [0.5, 0.6) is 0 Å². The van der Waals surface area contributed by atoms with Gasteiger partial charge in [-0.15, -0.1) is 11.8 Å². The molecule has 0 fully saturated rings. The zero-order chi connectivity index (χ0) is 34.1. The summed E-state index contributed by atoms with van der Waals surface area (Å²) in [5, 5.41) is 3.69. The summed E-state index contributed by atoms with van der Waals surface area (Å²) in [4.78, 5) is 31.0. The Bertz CT molecular complexity index is 1770. The van der Waals surface area contributed by atoms with Crippen molar-refractivity contribution in [2.45, 2.75) is 62.0 Å². The van der Waals surface area contributed by atoms with E-state index in [9.17, 15) is 18.0 Å². The molecule has 0 unspecified atom stereocenters. The molecular weight excluding hydrogens is 673 g/mol. The maximum absolute atomic E-state index is 14.6. The summed E-state index contributed by atoms with van der Waals surface area (Å²) in [6.45, 7) is 5.21. The highest BCUT2D eigenvalue weighted by molar-refractivity contribution is 7.98. The maximum Gasteiger partial charge on any atom is 0.264 e. The molecule has 4 aromatic carbocycles. The van der Waals surface area contributed by atoms with E-state index in [1.54, 1.807) is 54.6 Å². The van der Waals surface area contributed by atoms with Gasteiger partial charge in [0, 0.05) is 23.9 Å². The third-order valence-electron chi connectivity index (χ3n) is 7.86. The second kappa shape index (κ2) is 16.6. The highest BCUT2D eigenvalue weighted by Crippen LogP contribution is 2.28. The average molecular weight is 713 g/mol. The van der Waals surface area contributed by atoms with Gasteiger partial charge in [-0.2, -0.15) is 0 Å². The Kier molecular flexibility index (Phi) is 12.8. The number of aryl methyl sites for hydroxylation is 1. The molecule has 47 heavy (non-hydrogen) atoms. The third-order valence-corrected chi connectivity index (χ3v) is 11.1. The van der Waals surface area contributed by atoms with Gasteiger partial charge >= 0.3 is 0 Å². The Morgan fingerprint density at radius 1 is 0.872 bits per heavy atom. The fourth-order valence-corrected chi connectivity index (χ4v) is 7.09. The molecule has 0 saturated heterocycles. The Labute approximate surface area is 292 Å². The number of sulfonamides is 1. The number of nitrogens with one attached hydrogen (secondary N) is 1. The number of halogens is 2. The number of hydrogen-bond donors (Lipinski definition) is 1. The first-order valence-electron chi connectivity index (χ1n) is 15.2. The lowest BCUT2D eigenvalue weighted by Gasteiger charge is -2.34. The van der Waals surface area contributed by atoms with Gasteiger partial charge in [0.1, 0.15) is 12.6 Å². The molecular formula is C36H39Cl2N3O4S2. The normalized spacial score (nSPS) is 12.6. The molecule has 0 aliphatic rings. The minimum atomic E-state index is -4.20. The summed E-state index contributed by atoms with van der Waals surface area (Å²) in [6, 6.07) is 26.8. The zero-order valence-electron chi connectivity index (χ0n) is 26.8. The lowest BCUT2D eigenvalue weighted by molar-refractivity contribution is -0.140. The van der Waals surface area contributed by atoms with E-state index in [-0.39, 0.29) is 29.8 Å². The van der Waals surface area contributed by atoms with Crippen molar-refractivity contribution in [3.63, 3.8) is 0 Å². The summed E-state index contributed by atoms with van der Waals surface area (Å²) < 4.78 is 29.6. The van der Waals surface area contributed by atoms with Gasteiger partial charge in [-0.1, -0.05) is 84.2 Å². The molecule has 0 spiro atoms. The molecule has 248 valence electrons. The number of carbonyl (C=O) groups excluding carboxylic acids is 2. The fourth-order valence-electron chi connectivity index (χ4n) is 4.94. The van der Waals surface area contributed by atoms with Gasteiger partial charge in [0.25, 0.3) is 10.0 Å². The van der Waals surface area contributed by atoms with Crippen molar-refractivity contribution in [3.8, 4) is 0 Å². The molecule has 2 amide bonds. The van der Waals surface area contributed by atoms with Crippen LogP contribution in [0, 0.1) is 6.92 Å². The minimum absolute atomic E-state index is 0.00858. The van der Waals surface area contributed by atoms with E-state index in [2.05, 4.69) is 5.32 Å². The molecule has 0 heterocycles. The van der Waals surface area contributed by atoms with Crippen LogP contribution in [0.2, 0.25) is 10.0 Å². The van der Waals surface area contributed by atoms with Crippen LogP contribution in [-0.4, -0.2) is 50.0 Å². The average Bonchev–Trinajstić information content (AvgIpc) is 3.07. The van der Waals surface area contributed by atoms with Crippen molar-refractivity contribution >= 4 is 62.5 Å². The van der Waals surface area contributed by atoms with E-state index in [0.717, 1.165) is 20.3 Å². The van der Waals surface area contributed by atoms with Crippen molar-refractivity contribution in [2.75, 3.05) is 17.1 Å². The number of nitrogens with zero attached hydrogens (tertiary/aromatic N) is 2. The molecule has 11 heteroatoms. The molecule has 0 aliphatic heterocycles. The Morgan fingerprint density at radius 2 is 1.53 bits per heavy atom. The van der Waals surface area contributed by atoms with E-state index < -0.39 is 28.5 Å². The first kappa shape index (κ1) is 36.3. The monoisotopic (exact) mass is 711 g/mol. The zero-order valence-corrected chi connectivity index (χ0v) is 30.0. The number of thioether (sulfide) groups is 1. The lowest BCUT2D eigenvalue weighted by Crippen LogP contribution is -2.54. The van der Waals surface area contributed by atoms with E-state index in [0.29, 0.717) is 27.7 Å². The maximum atomic E-state index is 14.6. The van der Waals surface area contributed by atoms with Crippen LogP contribution >= 0.6 is 35.0 Å². The fraction of sp³-hybridized carbons (Fsp3) is 0.278. The molecule has 1 N–H and O–H groups in total. The summed E-state index contributed by atoms with van der Waals surface area (Å²) in [6.07, 6.45) is 2.81. The predicted molar refractivity (Wildman–Crippen MR) is 193 cm³/mol. The van der Waals surface area contributed by atoms with Gasteiger partial charge in [0.05, 0.1) is 20.6 Å². The van der Waals surface area contributed by atoms with Crippen LogP contribution in [0.4, 0.5) is 5.69 Å². The van der Waals surface area contributed by atoms with Gasteiger partial charge in [-0.25, -0.2) is 8.42 Å². The highest BCUT2D eigenvalue weighted by atomic mass is 35.5. The van der Waals surface area contributed by atoms with Crippen LogP contribution in [0.1, 0.15) is 37.0 Å². The Balaban J connectivity index is 1.82. The Morgan fingerprint density at radius 3 is 2.13 bits per heavy atom. The molecule has 4 aromatic rings. The number of carbonyl (C=O) groups is 2. The summed E-state index contributed by atoms with van der Waals surface area (Å²) >= 11 is 14.1. The van der Waals surface area contributed by atoms with E-state index in [1.807, 2.05) is 57.4 Å². The van der Waals surface area contributed by atoms with Crippen molar-refractivity contribution in [1.29, 1.82) is 0 Å². The van der Waals surface area contributed by atoms with Gasteiger partial charge < -0.3 is 10.2 Å². The van der Waals surface area contributed by atoms with Gasteiger partial charge in [-0.3, -0.25) is 13.9 Å². The molecule has 0 saturated carbocycles. The van der Waals surface area contributed by atoms with Crippen LogP contribution in [0.15, 0.2) is 107 Å². The van der Waals surface area contributed by atoms with Gasteiger partial charge in [0.15, 0.2) is 0 Å². The van der Waals surface area contributed by atoms with Crippen molar-refractivity contribution in [2.24, 2.45) is 0 Å². The SMILES string of the molecule is CC[C@H](C)NC(=O)[C@H](Cc1ccccc1)N(Cc1ccc(Cl)c(Cl)c1)C(=O)CN(c1ccc(C)cc1)S(=O)(=O)c1ccc(SC)cc1. The molecule has 2 atom stereocenters. The van der Waals surface area contributed by atoms with Crippen LogP contribution in [0.3, 0.4) is 0 Å². The molecule has 4 rings (SSSR count). The van der Waals surface area contributed by atoms with Crippen LogP contribution < -0.4 is 9.62 Å². The number of anilines is 1. The highest BCUT2D eigenvalue weighted by Gasteiger charge is 2.35. The van der Waals surface area contributed by atoms with E-state index in [4.69, 9.17) is 23.2 Å². The molecule has 0 aliphatic carbocycles. The first-order chi connectivity index (χ1) is 22.4. The number of rotatable bonds is 14. The molecule has 0 radical (unpaired) electrons. The van der Waals surface area contributed by atoms with Crippen molar-refractivity contribution in [1.82, 2.24) is 10.2 Å². The standard InChI is InChI=1S/C36H39Cl2N3O4S2/c1-5-26(3)39-36(43)34(22-27-9-7-6-8-10-27)40(23-28-13-20-32(37)33(38)21-28)35(42)24-41(29-14-11-25(2)12-15-29)47(44,45)31-18-16-30(46-4)17-19-31/h6-21,26,34H,5,22-24H2,1-4H3,(H,39,43)/t26-,34-/m0/s1. The lowest BCUT2D eigenvalue weighted by atomic mass is 10.0. The first-order valence-corrected chi connectivity index (χ1v) is 18.7. The molecule has 7 nitrogen and oxygen atoms in total. The topological polar surface area (TPSA) is 86.8 Å². The summed E-state index contributed by atoms with van der Waals surface area (Å²) in [7, 11) is -4.20. The van der Waals surface area contributed by atoms with Crippen molar-refractivity contribution in [3.05, 3.63) is 124 Å². The minimum Gasteiger partial charge on any atom is -0.352 e. The van der Waals surface area contributed by atoms with Gasteiger partial charge in [-0.05, 0) is 86.2 Å². The second-order valence-electron chi connectivity index (χ2n) is 11.3. The molecule has 0 bridgehead atoms. The molecule has 0 aromatic heterocycles. The largest absolute Gasteiger partial charge is 0.352 e. The van der Waals surface area contributed by atoms with Gasteiger partial charge in [0.2, 0.25) is 11.8 Å². The summed E-state index contributed by atoms with van der Waals surface area (Å²) in [5.41, 5.74) is 2.75. The third kappa shape index (κ3) is 9.54.